The fraction of sp³-hybridized carbons (Fsp3) is 0.333. The maximum atomic E-state index is 9.37. The van der Waals surface area contributed by atoms with Gasteiger partial charge in [-0.2, -0.15) is 0 Å². The first-order valence-electron chi connectivity index (χ1n) is 7.43. The van der Waals surface area contributed by atoms with Crippen LogP contribution in [0.5, 0.6) is 5.75 Å². The Morgan fingerprint density at radius 3 is 2.00 bits per heavy atom. The average Bonchev–Trinajstić information content (AvgIpc) is 2.49. The van der Waals surface area contributed by atoms with E-state index in [1.165, 1.54) is 11.1 Å². The second-order valence-electron chi connectivity index (χ2n) is 5.35. The molecule has 0 aliphatic heterocycles. The molecule has 1 unspecified atom stereocenters. The van der Waals surface area contributed by atoms with Gasteiger partial charge in [-0.25, -0.2) is 0 Å². The zero-order valence-corrected chi connectivity index (χ0v) is 13.1. The van der Waals surface area contributed by atoms with E-state index in [1.54, 1.807) is 12.1 Å². The van der Waals surface area contributed by atoms with Crippen LogP contribution in [0.3, 0.4) is 0 Å². The summed E-state index contributed by atoms with van der Waals surface area (Å²) in [6.45, 7) is 3.18. The molecule has 2 rings (SSSR count). The van der Waals surface area contributed by atoms with Gasteiger partial charge in [0.2, 0.25) is 0 Å². The number of phenols is 1. The maximum absolute atomic E-state index is 9.37. The van der Waals surface area contributed by atoms with Gasteiger partial charge < -0.3 is 10.4 Å². The van der Waals surface area contributed by atoms with Gasteiger partial charge in [0.25, 0.3) is 0 Å². The fourth-order valence-electron chi connectivity index (χ4n) is 2.39. The van der Waals surface area contributed by atoms with Crippen LogP contribution in [0.2, 0.25) is 5.02 Å². The SMILES string of the molecule is CCCNC(Cc1ccc(O)cc1)Cc1ccc(Cl)cc1. The van der Waals surface area contributed by atoms with Crippen LogP contribution in [0, 0.1) is 0 Å². The molecule has 0 bridgehead atoms. The van der Waals surface area contributed by atoms with Gasteiger partial charge in [0.05, 0.1) is 0 Å². The van der Waals surface area contributed by atoms with Crippen molar-refractivity contribution in [3.63, 3.8) is 0 Å². The lowest BCUT2D eigenvalue weighted by Crippen LogP contribution is -2.33. The van der Waals surface area contributed by atoms with Gasteiger partial charge in [0, 0.05) is 11.1 Å². The molecule has 2 nitrogen and oxygen atoms in total. The van der Waals surface area contributed by atoms with Gasteiger partial charge in [0.1, 0.15) is 5.75 Å². The number of benzene rings is 2. The highest BCUT2D eigenvalue weighted by molar-refractivity contribution is 6.30. The van der Waals surface area contributed by atoms with Gasteiger partial charge >= 0.3 is 0 Å². The second kappa shape index (κ2) is 8.06. The molecule has 0 saturated heterocycles. The van der Waals surface area contributed by atoms with Crippen molar-refractivity contribution in [1.29, 1.82) is 0 Å². The Bertz CT molecular complexity index is 489. The Morgan fingerprint density at radius 1 is 0.952 bits per heavy atom. The first kappa shape index (κ1) is 15.9. The highest BCUT2D eigenvalue weighted by Gasteiger charge is 2.10. The van der Waals surface area contributed by atoms with Crippen molar-refractivity contribution in [3.05, 3.63) is 64.7 Å². The van der Waals surface area contributed by atoms with Crippen LogP contribution in [-0.2, 0) is 12.8 Å². The Morgan fingerprint density at radius 2 is 1.48 bits per heavy atom. The summed E-state index contributed by atoms with van der Waals surface area (Å²) in [5.41, 5.74) is 2.52. The topological polar surface area (TPSA) is 32.3 Å². The number of halogens is 1. The van der Waals surface area contributed by atoms with Crippen molar-refractivity contribution < 1.29 is 5.11 Å². The zero-order valence-electron chi connectivity index (χ0n) is 12.3. The molecule has 0 aliphatic carbocycles. The van der Waals surface area contributed by atoms with Gasteiger partial charge in [-0.1, -0.05) is 42.8 Å². The van der Waals surface area contributed by atoms with E-state index >= 15 is 0 Å². The van der Waals surface area contributed by atoms with Crippen LogP contribution in [0.25, 0.3) is 0 Å². The molecule has 0 fully saturated rings. The van der Waals surface area contributed by atoms with Crippen LogP contribution in [0.1, 0.15) is 24.5 Å². The molecule has 0 heterocycles. The van der Waals surface area contributed by atoms with E-state index in [0.717, 1.165) is 30.8 Å². The minimum absolute atomic E-state index is 0.314. The maximum Gasteiger partial charge on any atom is 0.115 e. The summed E-state index contributed by atoms with van der Waals surface area (Å²) in [4.78, 5) is 0. The number of hydrogen-bond donors (Lipinski definition) is 2. The first-order valence-corrected chi connectivity index (χ1v) is 7.81. The summed E-state index contributed by atoms with van der Waals surface area (Å²) in [7, 11) is 0. The average molecular weight is 304 g/mol. The monoisotopic (exact) mass is 303 g/mol. The summed E-state index contributed by atoms with van der Waals surface area (Å²) >= 11 is 5.94. The summed E-state index contributed by atoms with van der Waals surface area (Å²) in [5.74, 6) is 0.314. The number of rotatable bonds is 7. The first-order chi connectivity index (χ1) is 10.2. The highest BCUT2D eigenvalue weighted by atomic mass is 35.5. The van der Waals surface area contributed by atoms with E-state index in [0.29, 0.717) is 11.8 Å². The van der Waals surface area contributed by atoms with Gasteiger partial charge in [-0.15, -0.1) is 0 Å². The van der Waals surface area contributed by atoms with E-state index in [4.69, 9.17) is 11.6 Å². The molecule has 3 heteroatoms. The molecule has 1 atom stereocenters. The molecule has 0 aromatic heterocycles. The molecule has 0 aliphatic rings. The minimum atomic E-state index is 0.314. The number of phenolic OH excluding ortho intramolecular Hbond substituents is 1. The molecule has 0 amide bonds. The van der Waals surface area contributed by atoms with E-state index in [-0.39, 0.29) is 0 Å². The largest absolute Gasteiger partial charge is 0.508 e. The smallest absolute Gasteiger partial charge is 0.115 e. The van der Waals surface area contributed by atoms with Crippen LogP contribution >= 0.6 is 11.6 Å². The molecular weight excluding hydrogens is 282 g/mol. The summed E-state index contributed by atoms with van der Waals surface area (Å²) < 4.78 is 0. The second-order valence-corrected chi connectivity index (χ2v) is 5.79. The van der Waals surface area contributed by atoms with Crippen molar-refractivity contribution >= 4 is 11.6 Å². The fourth-order valence-corrected chi connectivity index (χ4v) is 2.51. The normalized spacial score (nSPS) is 12.3. The third-order valence-corrected chi connectivity index (χ3v) is 3.75. The lowest BCUT2D eigenvalue weighted by Gasteiger charge is -2.19. The molecule has 112 valence electrons. The number of nitrogens with one attached hydrogen (secondary N) is 1. The molecule has 2 aromatic rings. The molecule has 0 saturated carbocycles. The van der Waals surface area contributed by atoms with E-state index in [2.05, 4.69) is 24.4 Å². The predicted molar refractivity (Wildman–Crippen MR) is 89.0 cm³/mol. The Labute approximate surface area is 131 Å². The molecule has 2 N–H and O–H groups in total. The molecule has 2 aromatic carbocycles. The summed E-state index contributed by atoms with van der Waals surface area (Å²) in [5, 5.41) is 13.7. The standard InChI is InChI=1S/C18H22ClNO/c1-2-11-20-17(12-14-3-7-16(19)8-4-14)13-15-5-9-18(21)10-6-15/h3-10,17,20-21H,2,11-13H2,1H3. The minimum Gasteiger partial charge on any atom is -0.508 e. The predicted octanol–water partition coefficient (Wildman–Crippen LogP) is 4.20. The third kappa shape index (κ3) is 5.41. The quantitative estimate of drug-likeness (QED) is 0.803. The van der Waals surface area contributed by atoms with Crippen LogP contribution in [0.15, 0.2) is 48.5 Å². The van der Waals surface area contributed by atoms with Crippen molar-refractivity contribution in [3.8, 4) is 5.75 Å². The van der Waals surface area contributed by atoms with Crippen molar-refractivity contribution in [1.82, 2.24) is 5.32 Å². The third-order valence-electron chi connectivity index (χ3n) is 3.50. The van der Waals surface area contributed by atoms with E-state index in [1.807, 2.05) is 24.3 Å². The van der Waals surface area contributed by atoms with Gasteiger partial charge in [-0.3, -0.25) is 0 Å². The van der Waals surface area contributed by atoms with Gasteiger partial charge in [-0.05, 0) is 61.2 Å². The number of aromatic hydroxyl groups is 1. The van der Waals surface area contributed by atoms with Crippen LogP contribution in [0.4, 0.5) is 0 Å². The molecular formula is C18H22ClNO. The van der Waals surface area contributed by atoms with Crippen molar-refractivity contribution in [2.45, 2.75) is 32.2 Å². The Hall–Kier alpha value is -1.51. The van der Waals surface area contributed by atoms with Crippen molar-refractivity contribution in [2.24, 2.45) is 0 Å². The van der Waals surface area contributed by atoms with E-state index in [9.17, 15) is 5.11 Å². The Kier molecular flexibility index (Phi) is 6.09. The lowest BCUT2D eigenvalue weighted by molar-refractivity contribution is 0.474. The molecule has 21 heavy (non-hydrogen) atoms. The van der Waals surface area contributed by atoms with Gasteiger partial charge in [0.15, 0.2) is 0 Å². The highest BCUT2D eigenvalue weighted by Crippen LogP contribution is 2.15. The summed E-state index contributed by atoms with van der Waals surface area (Å²) in [6, 6.07) is 15.9. The zero-order chi connectivity index (χ0) is 15.1. The Balaban J connectivity index is 2.02. The van der Waals surface area contributed by atoms with Crippen LogP contribution in [-0.4, -0.2) is 17.7 Å². The lowest BCUT2D eigenvalue weighted by atomic mass is 9.99. The number of hydrogen-bond acceptors (Lipinski definition) is 2. The molecule has 0 radical (unpaired) electrons. The van der Waals surface area contributed by atoms with Crippen molar-refractivity contribution in [2.75, 3.05) is 6.54 Å². The summed E-state index contributed by atoms with van der Waals surface area (Å²) in [6.07, 6.45) is 3.04. The molecule has 0 spiro atoms. The van der Waals surface area contributed by atoms with E-state index < -0.39 is 0 Å². The van der Waals surface area contributed by atoms with Crippen LogP contribution < -0.4 is 5.32 Å².